The zero-order chi connectivity index (χ0) is 21.1. The van der Waals surface area contributed by atoms with Crippen LogP contribution in [-0.4, -0.2) is 19.7 Å². The van der Waals surface area contributed by atoms with Gasteiger partial charge < -0.3 is 19.7 Å². The van der Waals surface area contributed by atoms with Gasteiger partial charge in [0.05, 0.1) is 0 Å². The summed E-state index contributed by atoms with van der Waals surface area (Å²) < 4.78 is 11.0. The lowest BCUT2D eigenvalue weighted by atomic mass is 10.0. The third kappa shape index (κ3) is 4.10. The third-order valence-corrected chi connectivity index (χ3v) is 5.36. The van der Waals surface area contributed by atoms with Gasteiger partial charge in [0.25, 0.3) is 5.91 Å². The maximum Gasteiger partial charge on any atom is 0.251 e. The van der Waals surface area contributed by atoms with E-state index in [1.54, 1.807) is 0 Å². The molecule has 0 aliphatic carbocycles. The van der Waals surface area contributed by atoms with Crippen molar-refractivity contribution >= 4 is 17.3 Å². The molecule has 5 nitrogen and oxygen atoms in total. The maximum absolute atomic E-state index is 13.4. The smallest absolute Gasteiger partial charge is 0.251 e. The monoisotopic (exact) mass is 402 g/mol. The van der Waals surface area contributed by atoms with Crippen LogP contribution in [-0.2, 0) is 4.79 Å². The molecule has 5 heteroatoms. The largest absolute Gasteiger partial charge is 0.454 e. The number of ether oxygens (including phenoxy) is 2. The molecule has 30 heavy (non-hydrogen) atoms. The van der Waals surface area contributed by atoms with Crippen LogP contribution < -0.4 is 19.7 Å². The van der Waals surface area contributed by atoms with Crippen molar-refractivity contribution in [3.8, 4) is 11.5 Å². The number of hydrogen-bond acceptors (Lipinski definition) is 4. The topological polar surface area (TPSA) is 50.8 Å². The van der Waals surface area contributed by atoms with E-state index in [1.165, 1.54) is 5.56 Å². The van der Waals surface area contributed by atoms with Gasteiger partial charge in [-0.2, -0.15) is 0 Å². The minimum absolute atomic E-state index is 0.113. The summed E-state index contributed by atoms with van der Waals surface area (Å²) in [6, 6.07) is 23.0. The molecule has 1 amide bonds. The number of rotatable bonds is 6. The van der Waals surface area contributed by atoms with Gasteiger partial charge in [-0.15, -0.1) is 0 Å². The lowest BCUT2D eigenvalue weighted by Crippen LogP contribution is -2.34. The van der Waals surface area contributed by atoms with Crippen LogP contribution in [0.5, 0.6) is 11.5 Å². The van der Waals surface area contributed by atoms with Crippen molar-refractivity contribution in [2.75, 3.05) is 24.1 Å². The van der Waals surface area contributed by atoms with Gasteiger partial charge in [-0.3, -0.25) is 4.79 Å². The zero-order valence-electron chi connectivity index (χ0n) is 17.5. The molecule has 1 N–H and O–H groups in total. The standard InChI is InChI=1S/C25H26N2O3/c1-17(2)18-9-12-20(13-10-18)26-25(28)24(27(3)21-7-5-4-6-8-21)19-11-14-22-23(15-19)30-16-29-22/h4-15,17,24H,16H2,1-3H3,(H,26,28). The van der Waals surface area contributed by atoms with Crippen molar-refractivity contribution in [2.24, 2.45) is 0 Å². The number of nitrogens with zero attached hydrogens (tertiary/aromatic N) is 1. The summed E-state index contributed by atoms with van der Waals surface area (Å²) in [5.41, 5.74) is 3.80. The number of carbonyl (C=O) groups is 1. The molecule has 1 heterocycles. The lowest BCUT2D eigenvalue weighted by Gasteiger charge is -2.29. The Kier molecular flexibility index (Phi) is 5.61. The van der Waals surface area contributed by atoms with E-state index in [-0.39, 0.29) is 12.7 Å². The second-order valence-electron chi connectivity index (χ2n) is 7.73. The predicted molar refractivity (Wildman–Crippen MR) is 119 cm³/mol. The van der Waals surface area contributed by atoms with Crippen molar-refractivity contribution in [1.82, 2.24) is 0 Å². The third-order valence-electron chi connectivity index (χ3n) is 5.36. The molecule has 0 fully saturated rings. The Balaban J connectivity index is 1.65. The van der Waals surface area contributed by atoms with E-state index < -0.39 is 6.04 Å². The lowest BCUT2D eigenvalue weighted by molar-refractivity contribution is -0.117. The molecule has 154 valence electrons. The highest BCUT2D eigenvalue weighted by Crippen LogP contribution is 2.36. The van der Waals surface area contributed by atoms with E-state index in [0.717, 1.165) is 16.9 Å². The molecule has 1 atom stereocenters. The first-order valence-electron chi connectivity index (χ1n) is 10.1. The molecule has 0 aromatic heterocycles. The SMILES string of the molecule is CC(C)c1ccc(NC(=O)C(c2ccc3c(c2)OCO3)N(C)c2ccccc2)cc1. The summed E-state index contributed by atoms with van der Waals surface area (Å²) in [5, 5.41) is 3.07. The Morgan fingerprint density at radius 2 is 1.57 bits per heavy atom. The molecule has 0 saturated carbocycles. The van der Waals surface area contributed by atoms with Gasteiger partial charge >= 0.3 is 0 Å². The van der Waals surface area contributed by atoms with Crippen molar-refractivity contribution < 1.29 is 14.3 Å². The van der Waals surface area contributed by atoms with E-state index in [2.05, 4.69) is 31.3 Å². The second kappa shape index (κ2) is 8.49. The number of benzene rings is 3. The highest BCUT2D eigenvalue weighted by molar-refractivity contribution is 5.97. The number of nitrogens with one attached hydrogen (secondary N) is 1. The van der Waals surface area contributed by atoms with Crippen molar-refractivity contribution in [1.29, 1.82) is 0 Å². The molecule has 3 aromatic carbocycles. The summed E-state index contributed by atoms with van der Waals surface area (Å²) in [7, 11) is 1.92. The van der Waals surface area contributed by atoms with Gasteiger partial charge in [0.1, 0.15) is 6.04 Å². The van der Waals surface area contributed by atoms with E-state index in [9.17, 15) is 4.79 Å². The molecule has 1 aliphatic heterocycles. The highest BCUT2D eigenvalue weighted by atomic mass is 16.7. The van der Waals surface area contributed by atoms with E-state index in [0.29, 0.717) is 17.4 Å². The number of fused-ring (bicyclic) bond motifs is 1. The van der Waals surface area contributed by atoms with Gasteiger partial charge in [-0.1, -0.05) is 50.2 Å². The highest BCUT2D eigenvalue weighted by Gasteiger charge is 2.28. The quantitative estimate of drug-likeness (QED) is 0.603. The average molecular weight is 402 g/mol. The van der Waals surface area contributed by atoms with Crippen LogP contribution in [0.4, 0.5) is 11.4 Å². The fraction of sp³-hybridized carbons (Fsp3) is 0.240. The van der Waals surface area contributed by atoms with Crippen molar-refractivity contribution in [3.63, 3.8) is 0 Å². The Morgan fingerprint density at radius 3 is 2.27 bits per heavy atom. The van der Waals surface area contributed by atoms with E-state index in [4.69, 9.17) is 9.47 Å². The summed E-state index contributed by atoms with van der Waals surface area (Å²) in [6.45, 7) is 4.50. The number of hydrogen-bond donors (Lipinski definition) is 1. The first kappa shape index (κ1) is 19.8. The van der Waals surface area contributed by atoms with E-state index >= 15 is 0 Å². The summed E-state index contributed by atoms with van der Waals surface area (Å²) in [4.78, 5) is 15.4. The van der Waals surface area contributed by atoms with Crippen LogP contribution >= 0.6 is 0 Å². The van der Waals surface area contributed by atoms with Crippen LogP contribution in [0, 0.1) is 0 Å². The van der Waals surface area contributed by atoms with Crippen LogP contribution in [0.3, 0.4) is 0 Å². The van der Waals surface area contributed by atoms with Gasteiger partial charge in [0.15, 0.2) is 11.5 Å². The van der Waals surface area contributed by atoms with E-state index in [1.807, 2.05) is 72.6 Å². The number of para-hydroxylation sites is 1. The number of likely N-dealkylation sites (N-methyl/N-ethyl adjacent to an activating group) is 1. The van der Waals surface area contributed by atoms with Crippen LogP contribution in [0.1, 0.15) is 36.9 Å². The van der Waals surface area contributed by atoms with Crippen LogP contribution in [0.15, 0.2) is 72.8 Å². The van der Waals surface area contributed by atoms with Crippen molar-refractivity contribution in [3.05, 3.63) is 83.9 Å². The molecular formula is C25H26N2O3. The van der Waals surface area contributed by atoms with Gasteiger partial charge in [-0.25, -0.2) is 0 Å². The number of anilines is 2. The fourth-order valence-corrected chi connectivity index (χ4v) is 3.61. The Hall–Kier alpha value is -3.47. The first-order valence-corrected chi connectivity index (χ1v) is 10.1. The number of amides is 1. The Morgan fingerprint density at radius 1 is 0.900 bits per heavy atom. The molecule has 4 rings (SSSR count). The second-order valence-corrected chi connectivity index (χ2v) is 7.73. The Labute approximate surface area is 177 Å². The first-order chi connectivity index (χ1) is 14.5. The Bertz CT molecular complexity index is 1020. The zero-order valence-corrected chi connectivity index (χ0v) is 17.5. The average Bonchev–Trinajstić information content (AvgIpc) is 3.23. The van der Waals surface area contributed by atoms with Crippen LogP contribution in [0.25, 0.3) is 0 Å². The molecule has 0 saturated heterocycles. The van der Waals surface area contributed by atoms with Gasteiger partial charge in [0, 0.05) is 18.4 Å². The van der Waals surface area contributed by atoms with Crippen molar-refractivity contribution in [2.45, 2.75) is 25.8 Å². The van der Waals surface area contributed by atoms with Crippen LogP contribution in [0.2, 0.25) is 0 Å². The van der Waals surface area contributed by atoms with Gasteiger partial charge in [0.2, 0.25) is 6.79 Å². The summed E-state index contributed by atoms with van der Waals surface area (Å²) in [5.74, 6) is 1.69. The molecule has 1 unspecified atom stereocenters. The molecule has 0 bridgehead atoms. The molecule has 3 aromatic rings. The molecule has 0 spiro atoms. The normalized spacial score (nSPS) is 13.2. The maximum atomic E-state index is 13.4. The predicted octanol–water partition coefficient (Wildman–Crippen LogP) is 5.35. The molecular weight excluding hydrogens is 376 g/mol. The molecule has 1 aliphatic rings. The fourth-order valence-electron chi connectivity index (χ4n) is 3.61. The summed E-state index contributed by atoms with van der Waals surface area (Å²) >= 11 is 0. The van der Waals surface area contributed by atoms with Gasteiger partial charge in [-0.05, 0) is 53.4 Å². The minimum atomic E-state index is -0.535. The summed E-state index contributed by atoms with van der Waals surface area (Å²) in [6.07, 6.45) is 0. The molecule has 0 radical (unpaired) electrons. The number of carbonyl (C=O) groups excluding carboxylic acids is 1. The minimum Gasteiger partial charge on any atom is -0.454 e.